The number of β-amino-alcohol motifs (C(OH)–C–C–N with tert-alkyl or cyclic N) is 1. The maximum Gasteiger partial charge on any atom is 0.418 e. The summed E-state index contributed by atoms with van der Waals surface area (Å²) in [5.74, 6) is -1.87. The van der Waals surface area contributed by atoms with E-state index in [1.807, 2.05) is 0 Å². The predicted molar refractivity (Wildman–Crippen MR) is 135 cm³/mol. The van der Waals surface area contributed by atoms with E-state index in [2.05, 4.69) is 21.9 Å². The first-order chi connectivity index (χ1) is 18.0. The van der Waals surface area contributed by atoms with Crippen molar-refractivity contribution in [1.82, 2.24) is 20.2 Å². The number of nitrogens with two attached hydrogens (primary N) is 1. The summed E-state index contributed by atoms with van der Waals surface area (Å²) in [6.07, 6.45) is 2.37. The van der Waals surface area contributed by atoms with Crippen molar-refractivity contribution in [2.24, 2.45) is 0 Å². The Kier molecular flexibility index (Phi) is 7.59. The lowest BCUT2D eigenvalue weighted by atomic mass is 9.91. The maximum atomic E-state index is 14.4. The Morgan fingerprint density at radius 3 is 2.50 bits per heavy atom. The van der Waals surface area contributed by atoms with E-state index in [1.165, 1.54) is 23.2 Å². The summed E-state index contributed by atoms with van der Waals surface area (Å²) in [6.45, 7) is 5.19. The lowest BCUT2D eigenvalue weighted by Crippen LogP contribution is -2.56. The Morgan fingerprint density at radius 1 is 1.24 bits per heavy atom. The number of hydrogen-bond donors (Lipinski definition) is 3. The Morgan fingerprint density at radius 2 is 1.92 bits per heavy atom. The van der Waals surface area contributed by atoms with Gasteiger partial charge in [-0.15, -0.1) is 0 Å². The molecule has 1 aromatic heterocycles. The highest BCUT2D eigenvalue weighted by Crippen LogP contribution is 2.40. The van der Waals surface area contributed by atoms with Crippen LogP contribution in [0.5, 0.6) is 0 Å². The van der Waals surface area contributed by atoms with Crippen LogP contribution < -0.4 is 11.1 Å². The third-order valence-corrected chi connectivity index (χ3v) is 6.50. The van der Waals surface area contributed by atoms with E-state index < -0.39 is 41.9 Å². The summed E-state index contributed by atoms with van der Waals surface area (Å²) >= 11 is 0. The highest BCUT2D eigenvalue weighted by atomic mass is 19.4. The molecule has 2 aliphatic rings. The molecule has 2 fully saturated rings. The van der Waals surface area contributed by atoms with Crippen molar-refractivity contribution in [3.05, 3.63) is 83.5 Å². The number of alkyl halides is 3. The minimum Gasteiger partial charge on any atom is -0.396 e. The number of hydrogen-bond acceptors (Lipinski definition) is 6. The van der Waals surface area contributed by atoms with E-state index in [4.69, 9.17) is 5.73 Å². The lowest BCUT2D eigenvalue weighted by molar-refractivity contribution is -0.272. The summed E-state index contributed by atoms with van der Waals surface area (Å²) in [4.78, 5) is 9.85. The molecule has 0 spiro atoms. The Hall–Kier alpha value is -3.73. The molecule has 4 rings (SSSR count). The molecule has 0 radical (unpaired) electrons. The largest absolute Gasteiger partial charge is 0.418 e. The molecule has 11 heteroatoms. The topological polar surface area (TPSA) is 87.3 Å². The van der Waals surface area contributed by atoms with E-state index in [-0.39, 0.29) is 30.2 Å². The summed E-state index contributed by atoms with van der Waals surface area (Å²) in [5.41, 5.74) is 5.40. The Labute approximate surface area is 217 Å². The van der Waals surface area contributed by atoms with Gasteiger partial charge in [0.05, 0.1) is 41.1 Å². The molecular weight excluding hydrogens is 505 g/mol. The van der Waals surface area contributed by atoms with Crippen LogP contribution in [0.15, 0.2) is 66.2 Å². The molecule has 0 amide bonds. The second-order valence-electron chi connectivity index (χ2n) is 9.26. The molecule has 1 unspecified atom stereocenters. The van der Waals surface area contributed by atoms with Gasteiger partial charge in [-0.25, -0.2) is 18.7 Å². The number of rotatable bonds is 7. The number of aliphatic hydroxyl groups is 1. The van der Waals surface area contributed by atoms with Gasteiger partial charge in [0.25, 0.3) is 0 Å². The third-order valence-electron chi connectivity index (χ3n) is 6.50. The number of aromatic nitrogens is 2. The zero-order chi connectivity index (χ0) is 27.7. The van der Waals surface area contributed by atoms with Crippen LogP contribution in [0.3, 0.4) is 0 Å². The second kappa shape index (κ2) is 10.6. The van der Waals surface area contributed by atoms with Crippen molar-refractivity contribution < 1.29 is 27.1 Å². The molecule has 2 heterocycles. The third kappa shape index (κ3) is 5.42. The molecule has 1 saturated carbocycles. The number of piperidine rings is 1. The van der Waals surface area contributed by atoms with Gasteiger partial charge in [-0.05, 0) is 62.5 Å². The number of nitrogen functional groups attached to an aromatic ring is 1. The smallest absolute Gasteiger partial charge is 0.396 e. The molecule has 1 aromatic carbocycles. The molecule has 1 aliphatic carbocycles. The normalized spacial score (nSPS) is 20.4. The van der Waals surface area contributed by atoms with Crippen molar-refractivity contribution in [1.29, 1.82) is 0 Å². The molecule has 4 N–H and O–H groups in total. The van der Waals surface area contributed by atoms with Crippen LogP contribution in [-0.2, 0) is 0 Å². The molecule has 0 bridgehead atoms. The number of anilines is 1. The maximum absolute atomic E-state index is 14.4. The summed E-state index contributed by atoms with van der Waals surface area (Å²) in [7, 11) is 0. The highest BCUT2D eigenvalue weighted by Gasteiger charge is 2.55. The molecule has 202 valence electrons. The van der Waals surface area contributed by atoms with Gasteiger partial charge >= 0.3 is 6.18 Å². The van der Waals surface area contributed by atoms with Gasteiger partial charge in [0.2, 0.25) is 0 Å². The fraction of sp³-hybridized carbons (Fsp3) is 0.333. The molecule has 1 saturated heterocycles. The number of likely N-dealkylation sites (tertiary alicyclic amines) is 1. The average Bonchev–Trinajstić information content (AvgIpc) is 3.70. The standard InChI is InChI=1S/C27H28F5N5O/c1-3-7-21(37-13-6-12-26(38,15-37)27(30,31)32)20(4-2)35-23(16-10-11-16)24-19(33)14-34-25(36-24)22-17(28)8-5-9-18(22)29/h3-5,7-9,14,35,38H,2,6,10-13,15,33H2,1H3/b7-3-,21-20-. The molecular formula is C27H28F5N5O. The number of halogens is 5. The van der Waals surface area contributed by atoms with Gasteiger partial charge < -0.3 is 21.1 Å². The van der Waals surface area contributed by atoms with E-state index in [0.29, 0.717) is 29.9 Å². The number of nitrogens with zero attached hydrogens (tertiary/aromatic N) is 3. The van der Waals surface area contributed by atoms with Crippen molar-refractivity contribution in [3.8, 4) is 11.4 Å². The minimum atomic E-state index is -4.79. The Bertz CT molecular complexity index is 1310. The van der Waals surface area contributed by atoms with E-state index in [1.54, 1.807) is 19.1 Å². The van der Waals surface area contributed by atoms with Crippen LogP contribution in [0, 0.1) is 11.6 Å². The van der Waals surface area contributed by atoms with Gasteiger partial charge in [0.1, 0.15) is 17.3 Å². The molecule has 2 aromatic rings. The first-order valence-electron chi connectivity index (χ1n) is 12.1. The predicted octanol–water partition coefficient (Wildman–Crippen LogP) is 5.46. The van der Waals surface area contributed by atoms with Crippen LogP contribution in [0.4, 0.5) is 27.6 Å². The van der Waals surface area contributed by atoms with Crippen LogP contribution in [0.25, 0.3) is 17.1 Å². The quantitative estimate of drug-likeness (QED) is 0.324. The van der Waals surface area contributed by atoms with Crippen LogP contribution in [0.1, 0.15) is 38.3 Å². The highest BCUT2D eigenvalue weighted by molar-refractivity contribution is 5.77. The average molecular weight is 534 g/mol. The van der Waals surface area contributed by atoms with Crippen molar-refractivity contribution in [2.75, 3.05) is 18.8 Å². The van der Waals surface area contributed by atoms with Crippen molar-refractivity contribution in [2.45, 2.75) is 44.4 Å². The van der Waals surface area contributed by atoms with Crippen LogP contribution in [-0.4, -0.2) is 44.8 Å². The zero-order valence-electron chi connectivity index (χ0n) is 20.7. The second-order valence-corrected chi connectivity index (χ2v) is 9.26. The van der Waals surface area contributed by atoms with E-state index >= 15 is 0 Å². The number of nitrogens with one attached hydrogen (secondary N) is 1. The summed E-state index contributed by atoms with van der Waals surface area (Å²) in [5, 5.41) is 13.6. The fourth-order valence-corrected chi connectivity index (χ4v) is 4.40. The molecule has 38 heavy (non-hydrogen) atoms. The monoisotopic (exact) mass is 533 g/mol. The van der Waals surface area contributed by atoms with Gasteiger partial charge in [-0.1, -0.05) is 18.7 Å². The number of benzene rings is 1. The SMILES string of the molecule is C=C/C(NC(=C1CC1)c1nc(-c2c(F)cccc2F)ncc1N)=C(\C=C/C)N1CCCC(O)(C(F)(F)F)C1. The van der Waals surface area contributed by atoms with Crippen LogP contribution >= 0.6 is 0 Å². The van der Waals surface area contributed by atoms with Gasteiger partial charge in [-0.2, -0.15) is 13.2 Å². The minimum absolute atomic E-state index is 0.131. The van der Waals surface area contributed by atoms with Crippen LogP contribution in [0.2, 0.25) is 0 Å². The van der Waals surface area contributed by atoms with Gasteiger partial charge in [0, 0.05) is 6.54 Å². The lowest BCUT2D eigenvalue weighted by Gasteiger charge is -2.42. The molecule has 1 atom stereocenters. The molecule has 6 nitrogen and oxygen atoms in total. The first kappa shape index (κ1) is 27.3. The number of allylic oxidation sites excluding steroid dienone is 4. The molecule has 1 aliphatic heterocycles. The van der Waals surface area contributed by atoms with E-state index in [0.717, 1.165) is 17.7 Å². The van der Waals surface area contributed by atoms with E-state index in [9.17, 15) is 27.1 Å². The summed E-state index contributed by atoms with van der Waals surface area (Å²) in [6, 6.07) is 3.42. The summed E-state index contributed by atoms with van der Waals surface area (Å²) < 4.78 is 69.7. The van der Waals surface area contributed by atoms with Crippen molar-refractivity contribution >= 4 is 11.4 Å². The van der Waals surface area contributed by atoms with Gasteiger partial charge in [-0.3, -0.25) is 0 Å². The zero-order valence-corrected chi connectivity index (χ0v) is 20.7. The van der Waals surface area contributed by atoms with Crippen molar-refractivity contribution in [3.63, 3.8) is 0 Å². The fourth-order valence-electron chi connectivity index (χ4n) is 4.40. The van der Waals surface area contributed by atoms with Gasteiger partial charge in [0.15, 0.2) is 11.4 Å². The Balaban J connectivity index is 1.76. The first-order valence-corrected chi connectivity index (χ1v) is 12.1.